The second-order valence-electron chi connectivity index (χ2n) is 8.89. The molecule has 1 aromatic carbocycles. The van der Waals surface area contributed by atoms with Gasteiger partial charge in [-0.2, -0.15) is 5.10 Å². The summed E-state index contributed by atoms with van der Waals surface area (Å²) in [7, 11) is 0. The summed E-state index contributed by atoms with van der Waals surface area (Å²) in [6.45, 7) is 8.33. The zero-order valence-corrected chi connectivity index (χ0v) is 17.3. The second-order valence-corrected chi connectivity index (χ2v) is 8.89. The lowest BCUT2D eigenvalue weighted by Gasteiger charge is -2.47. The Hall–Kier alpha value is -2.45. The Labute approximate surface area is 171 Å². The number of aromatic nitrogens is 3. The molecule has 4 rings (SSSR count). The Balaban J connectivity index is 1.38. The maximum Gasteiger partial charge on any atom is 0.410 e. The first kappa shape index (κ1) is 19.8. The summed E-state index contributed by atoms with van der Waals surface area (Å²) in [5.41, 5.74) is 1.58. The molecule has 2 aromatic rings. The number of ether oxygens (including phenoxy) is 2. The van der Waals surface area contributed by atoms with Crippen LogP contribution in [0.25, 0.3) is 5.69 Å². The molecule has 29 heavy (non-hydrogen) atoms. The van der Waals surface area contributed by atoms with Crippen LogP contribution in [-0.2, 0) is 9.47 Å². The number of piperidine rings is 1. The minimum absolute atomic E-state index is 0.105. The Morgan fingerprint density at radius 2 is 1.97 bits per heavy atom. The molecular formula is C21H29N5O3. The summed E-state index contributed by atoms with van der Waals surface area (Å²) in [6.07, 6.45) is 4.67. The van der Waals surface area contributed by atoms with Crippen molar-refractivity contribution in [3.05, 3.63) is 42.5 Å². The molecule has 2 saturated heterocycles. The molecule has 0 bridgehead atoms. The van der Waals surface area contributed by atoms with Gasteiger partial charge in [0.2, 0.25) is 0 Å². The van der Waals surface area contributed by atoms with E-state index in [1.807, 2.05) is 32.9 Å². The van der Waals surface area contributed by atoms with Gasteiger partial charge in [-0.3, -0.25) is 0 Å². The maximum absolute atomic E-state index is 12.3. The van der Waals surface area contributed by atoms with Gasteiger partial charge < -0.3 is 19.7 Å². The van der Waals surface area contributed by atoms with E-state index in [0.717, 1.165) is 18.5 Å². The normalized spacial score (nSPS) is 21.9. The molecule has 0 aliphatic carbocycles. The van der Waals surface area contributed by atoms with Crippen LogP contribution in [0.15, 0.2) is 36.9 Å². The summed E-state index contributed by atoms with van der Waals surface area (Å²) < 4.78 is 13.2. The van der Waals surface area contributed by atoms with Crippen LogP contribution >= 0.6 is 0 Å². The zero-order valence-electron chi connectivity index (χ0n) is 17.3. The second kappa shape index (κ2) is 7.76. The highest BCUT2D eigenvalue weighted by Crippen LogP contribution is 2.31. The smallest absolute Gasteiger partial charge is 0.410 e. The lowest BCUT2D eigenvalue weighted by atomic mass is 9.85. The minimum Gasteiger partial charge on any atom is -0.444 e. The number of nitrogens with one attached hydrogen (secondary N) is 1. The summed E-state index contributed by atoms with van der Waals surface area (Å²) >= 11 is 0. The van der Waals surface area contributed by atoms with Crippen LogP contribution in [0.3, 0.4) is 0 Å². The summed E-state index contributed by atoms with van der Waals surface area (Å²) in [4.78, 5) is 18.1. The van der Waals surface area contributed by atoms with Crippen LogP contribution < -0.4 is 5.32 Å². The highest BCUT2D eigenvalue weighted by atomic mass is 16.6. The van der Waals surface area contributed by atoms with Crippen molar-refractivity contribution in [2.75, 3.05) is 26.3 Å². The number of carbonyl (C=O) groups excluding carboxylic acids is 1. The van der Waals surface area contributed by atoms with Crippen molar-refractivity contribution in [1.82, 2.24) is 25.0 Å². The molecule has 0 saturated carbocycles. The van der Waals surface area contributed by atoms with Crippen molar-refractivity contribution in [3.8, 4) is 5.69 Å². The number of rotatable bonds is 2. The predicted molar refractivity (Wildman–Crippen MR) is 108 cm³/mol. The predicted octanol–water partition coefficient (Wildman–Crippen LogP) is 2.70. The Morgan fingerprint density at radius 1 is 1.24 bits per heavy atom. The van der Waals surface area contributed by atoms with Crippen LogP contribution in [0, 0.1) is 0 Å². The summed E-state index contributed by atoms with van der Waals surface area (Å²) in [5.74, 6) is 0. The highest BCUT2D eigenvalue weighted by Gasteiger charge is 2.41. The average Bonchev–Trinajstić information content (AvgIpc) is 3.22. The van der Waals surface area contributed by atoms with E-state index in [2.05, 4.69) is 27.5 Å². The zero-order chi connectivity index (χ0) is 20.5. The first-order valence-corrected chi connectivity index (χ1v) is 10.1. The number of likely N-dealkylation sites (tertiary alicyclic amines) is 1. The average molecular weight is 399 g/mol. The Bertz CT molecular complexity index is 821. The molecule has 1 spiro atoms. The van der Waals surface area contributed by atoms with E-state index in [1.54, 1.807) is 15.9 Å². The van der Waals surface area contributed by atoms with E-state index in [9.17, 15) is 4.79 Å². The van der Waals surface area contributed by atoms with Gasteiger partial charge in [-0.25, -0.2) is 14.5 Å². The number of hydrogen-bond acceptors (Lipinski definition) is 6. The molecule has 8 nitrogen and oxygen atoms in total. The van der Waals surface area contributed by atoms with Gasteiger partial charge in [-0.1, -0.05) is 12.1 Å². The van der Waals surface area contributed by atoms with Gasteiger partial charge in [0.25, 0.3) is 0 Å². The van der Waals surface area contributed by atoms with Crippen molar-refractivity contribution >= 4 is 6.09 Å². The van der Waals surface area contributed by atoms with E-state index in [4.69, 9.17) is 9.47 Å². The minimum atomic E-state index is -0.470. The molecule has 8 heteroatoms. The van der Waals surface area contributed by atoms with Gasteiger partial charge in [0.1, 0.15) is 18.3 Å². The SMILES string of the molecule is CC(C)(C)OC(=O)N1CCC2(CC1)COC[C@@H](c1ccc(-n3cncn3)cc1)N2. The third-order valence-electron chi connectivity index (χ3n) is 5.49. The molecule has 1 amide bonds. The number of nitrogens with zero attached hydrogens (tertiary/aromatic N) is 4. The molecule has 0 radical (unpaired) electrons. The van der Waals surface area contributed by atoms with Crippen LogP contribution in [0.2, 0.25) is 0 Å². The third kappa shape index (κ3) is 4.59. The Kier molecular flexibility index (Phi) is 5.31. The molecule has 2 aliphatic heterocycles. The van der Waals surface area contributed by atoms with Crippen molar-refractivity contribution in [2.45, 2.75) is 50.8 Å². The van der Waals surface area contributed by atoms with Gasteiger partial charge >= 0.3 is 6.09 Å². The third-order valence-corrected chi connectivity index (χ3v) is 5.49. The first-order chi connectivity index (χ1) is 13.8. The number of morpholine rings is 1. The largest absolute Gasteiger partial charge is 0.444 e. The molecule has 3 heterocycles. The molecule has 2 fully saturated rings. The highest BCUT2D eigenvalue weighted by molar-refractivity contribution is 5.68. The molecule has 0 unspecified atom stereocenters. The lowest BCUT2D eigenvalue weighted by Crippen LogP contribution is -2.61. The van der Waals surface area contributed by atoms with Crippen molar-refractivity contribution in [3.63, 3.8) is 0 Å². The molecular weight excluding hydrogens is 370 g/mol. The van der Waals surface area contributed by atoms with Crippen molar-refractivity contribution < 1.29 is 14.3 Å². The lowest BCUT2D eigenvalue weighted by molar-refractivity contribution is -0.0357. The van der Waals surface area contributed by atoms with Crippen molar-refractivity contribution in [1.29, 1.82) is 0 Å². The maximum atomic E-state index is 12.3. The Morgan fingerprint density at radius 3 is 2.59 bits per heavy atom. The van der Waals surface area contributed by atoms with E-state index in [1.165, 1.54) is 11.9 Å². The van der Waals surface area contributed by atoms with Crippen LogP contribution in [0.4, 0.5) is 4.79 Å². The number of benzene rings is 1. The fourth-order valence-electron chi connectivity index (χ4n) is 3.94. The first-order valence-electron chi connectivity index (χ1n) is 10.1. The van der Waals surface area contributed by atoms with E-state index >= 15 is 0 Å². The molecule has 2 aliphatic rings. The molecule has 156 valence electrons. The fraction of sp³-hybridized carbons (Fsp3) is 0.571. The van der Waals surface area contributed by atoms with E-state index in [0.29, 0.717) is 26.3 Å². The van der Waals surface area contributed by atoms with E-state index < -0.39 is 5.60 Å². The molecule has 1 atom stereocenters. The van der Waals surface area contributed by atoms with Gasteiger partial charge in [0.15, 0.2) is 0 Å². The fourth-order valence-corrected chi connectivity index (χ4v) is 3.94. The quantitative estimate of drug-likeness (QED) is 0.836. The number of hydrogen-bond donors (Lipinski definition) is 1. The van der Waals surface area contributed by atoms with Gasteiger partial charge in [0.05, 0.1) is 24.9 Å². The van der Waals surface area contributed by atoms with Gasteiger partial charge in [-0.15, -0.1) is 0 Å². The molecule has 1 N–H and O–H groups in total. The summed E-state index contributed by atoms with van der Waals surface area (Å²) in [6, 6.07) is 8.41. The standard InChI is InChI=1S/C21H29N5O3/c1-20(2,3)29-19(27)25-10-8-21(9-11-25)13-28-12-18(24-21)16-4-6-17(7-5-16)26-15-22-14-23-26/h4-7,14-15,18,24H,8-13H2,1-3H3/t18-/m0/s1. The monoisotopic (exact) mass is 399 g/mol. The number of carbonyl (C=O) groups is 1. The van der Waals surface area contributed by atoms with Crippen LogP contribution in [0.1, 0.15) is 45.2 Å². The summed E-state index contributed by atoms with van der Waals surface area (Å²) in [5, 5.41) is 7.97. The topological polar surface area (TPSA) is 81.5 Å². The van der Waals surface area contributed by atoms with Crippen LogP contribution in [0.5, 0.6) is 0 Å². The van der Waals surface area contributed by atoms with E-state index in [-0.39, 0.29) is 17.7 Å². The van der Waals surface area contributed by atoms with Crippen LogP contribution in [-0.4, -0.2) is 63.2 Å². The van der Waals surface area contributed by atoms with Gasteiger partial charge in [-0.05, 0) is 51.3 Å². The van der Waals surface area contributed by atoms with Gasteiger partial charge in [0, 0.05) is 18.6 Å². The molecule has 1 aromatic heterocycles. The number of amides is 1. The van der Waals surface area contributed by atoms with Crippen molar-refractivity contribution in [2.24, 2.45) is 0 Å².